The first-order valence-corrected chi connectivity index (χ1v) is 8.91. The molecule has 2 aromatic heterocycles. The van der Waals surface area contributed by atoms with Crippen LogP contribution in [0.15, 0.2) is 39.3 Å². The number of likely N-dealkylation sites (tertiary alicyclic amines) is 1. The lowest BCUT2D eigenvalue weighted by atomic mass is 10.0. The molecule has 3 heterocycles. The smallest absolute Gasteiger partial charge is 0.271 e. The van der Waals surface area contributed by atoms with Gasteiger partial charge in [-0.25, -0.2) is 0 Å². The second kappa shape index (κ2) is 6.80. The third kappa shape index (κ3) is 3.22. The van der Waals surface area contributed by atoms with E-state index in [2.05, 4.69) is 22.3 Å². The first-order valence-electron chi connectivity index (χ1n) is 8.91. The van der Waals surface area contributed by atoms with Crippen molar-refractivity contribution < 1.29 is 13.8 Å². The summed E-state index contributed by atoms with van der Waals surface area (Å²) in [5.74, 6) is 1.85. The molecule has 130 valence electrons. The number of rotatable bonds is 4. The topological polar surface area (TPSA) is 69.4 Å². The molecule has 1 aliphatic rings. The second-order valence-electron chi connectivity index (χ2n) is 6.81. The van der Waals surface area contributed by atoms with Gasteiger partial charge in [0.15, 0.2) is 6.54 Å². The van der Waals surface area contributed by atoms with Gasteiger partial charge < -0.3 is 13.8 Å². The maximum atomic E-state index is 5.98. The Morgan fingerprint density at radius 3 is 2.80 bits per heavy atom. The van der Waals surface area contributed by atoms with Gasteiger partial charge in [0.05, 0.1) is 12.6 Å². The van der Waals surface area contributed by atoms with Crippen molar-refractivity contribution in [1.29, 1.82) is 0 Å². The number of benzene rings is 1. The molecule has 2 atom stereocenters. The number of nitrogens with zero attached hydrogens (tertiary/aromatic N) is 3. The first kappa shape index (κ1) is 16.0. The summed E-state index contributed by atoms with van der Waals surface area (Å²) in [6.45, 7) is 6.11. The van der Waals surface area contributed by atoms with Gasteiger partial charge in [-0.15, -0.1) is 10.2 Å². The molecule has 6 nitrogen and oxygen atoms in total. The molecule has 0 bridgehead atoms. The van der Waals surface area contributed by atoms with Crippen molar-refractivity contribution >= 4 is 0 Å². The fourth-order valence-corrected chi connectivity index (χ4v) is 3.55. The monoisotopic (exact) mass is 339 g/mol. The SMILES string of the molecule is Cc1onc(-c2ccccc2)c1-c1nnc(C[NH+]2CCCC[C@H]2C)o1. The van der Waals surface area contributed by atoms with Crippen LogP contribution in [0.4, 0.5) is 0 Å². The first-order chi connectivity index (χ1) is 12.2. The van der Waals surface area contributed by atoms with Gasteiger partial charge in [0.1, 0.15) is 17.0 Å². The molecule has 1 fully saturated rings. The van der Waals surface area contributed by atoms with Crippen LogP contribution in [0.25, 0.3) is 22.7 Å². The Morgan fingerprint density at radius 1 is 1.16 bits per heavy atom. The molecular formula is C19H23N4O2+. The van der Waals surface area contributed by atoms with Gasteiger partial charge in [0.2, 0.25) is 0 Å². The van der Waals surface area contributed by atoms with Gasteiger partial charge in [0.25, 0.3) is 11.8 Å². The molecule has 0 amide bonds. The molecule has 0 aliphatic carbocycles. The Morgan fingerprint density at radius 2 is 2.00 bits per heavy atom. The van der Waals surface area contributed by atoms with Crippen molar-refractivity contribution in [3.63, 3.8) is 0 Å². The summed E-state index contributed by atoms with van der Waals surface area (Å²) >= 11 is 0. The Bertz CT molecular complexity index is 840. The lowest BCUT2D eigenvalue weighted by molar-refractivity contribution is -0.943. The van der Waals surface area contributed by atoms with Crippen LogP contribution in [0.2, 0.25) is 0 Å². The van der Waals surface area contributed by atoms with Gasteiger partial charge in [-0.2, -0.15) is 0 Å². The number of hydrogen-bond donors (Lipinski definition) is 1. The molecule has 1 N–H and O–H groups in total. The van der Waals surface area contributed by atoms with Crippen molar-refractivity contribution in [3.05, 3.63) is 42.0 Å². The van der Waals surface area contributed by atoms with E-state index in [-0.39, 0.29) is 0 Å². The van der Waals surface area contributed by atoms with E-state index in [1.807, 2.05) is 37.3 Å². The third-order valence-corrected chi connectivity index (χ3v) is 5.05. The molecule has 4 rings (SSSR count). The van der Waals surface area contributed by atoms with Crippen LogP contribution < -0.4 is 4.90 Å². The maximum absolute atomic E-state index is 5.98. The summed E-state index contributed by atoms with van der Waals surface area (Å²) in [5.41, 5.74) is 2.50. The van der Waals surface area contributed by atoms with E-state index in [9.17, 15) is 0 Å². The van der Waals surface area contributed by atoms with Crippen LogP contribution in [0.1, 0.15) is 37.8 Å². The lowest BCUT2D eigenvalue weighted by Crippen LogP contribution is -3.14. The minimum atomic E-state index is 0.483. The van der Waals surface area contributed by atoms with Crippen LogP contribution in [0.5, 0.6) is 0 Å². The van der Waals surface area contributed by atoms with Crippen LogP contribution in [0.3, 0.4) is 0 Å². The number of aryl methyl sites for hydroxylation is 1. The van der Waals surface area contributed by atoms with E-state index < -0.39 is 0 Å². The number of nitrogens with one attached hydrogen (secondary N) is 1. The van der Waals surface area contributed by atoms with Crippen molar-refractivity contribution in [1.82, 2.24) is 15.4 Å². The molecule has 6 heteroatoms. The Kier molecular flexibility index (Phi) is 4.36. The molecule has 0 radical (unpaired) electrons. The third-order valence-electron chi connectivity index (χ3n) is 5.05. The van der Waals surface area contributed by atoms with Crippen molar-refractivity contribution in [2.45, 2.75) is 45.7 Å². The molecule has 1 aliphatic heterocycles. The van der Waals surface area contributed by atoms with Crippen molar-refractivity contribution in [2.75, 3.05) is 6.54 Å². The fourth-order valence-electron chi connectivity index (χ4n) is 3.55. The molecule has 3 aromatic rings. The summed E-state index contributed by atoms with van der Waals surface area (Å²) < 4.78 is 11.4. The highest BCUT2D eigenvalue weighted by molar-refractivity contribution is 5.77. The zero-order valence-corrected chi connectivity index (χ0v) is 14.7. The van der Waals surface area contributed by atoms with Gasteiger partial charge in [-0.1, -0.05) is 35.5 Å². The lowest BCUT2D eigenvalue weighted by Gasteiger charge is -2.28. The van der Waals surface area contributed by atoms with Crippen LogP contribution in [-0.2, 0) is 6.54 Å². The minimum Gasteiger partial charge on any atom is -0.415 e. The van der Waals surface area contributed by atoms with Gasteiger partial charge in [0, 0.05) is 5.56 Å². The predicted molar refractivity (Wildman–Crippen MR) is 92.8 cm³/mol. The number of aromatic nitrogens is 3. The van der Waals surface area contributed by atoms with Gasteiger partial charge >= 0.3 is 0 Å². The van der Waals surface area contributed by atoms with E-state index in [0.29, 0.717) is 23.6 Å². The molecule has 1 unspecified atom stereocenters. The fraction of sp³-hybridized carbons (Fsp3) is 0.421. The Hall–Kier alpha value is -2.47. The largest absolute Gasteiger partial charge is 0.415 e. The highest BCUT2D eigenvalue weighted by Crippen LogP contribution is 2.33. The Balaban J connectivity index is 1.61. The van der Waals surface area contributed by atoms with Crippen molar-refractivity contribution in [2.24, 2.45) is 0 Å². The highest BCUT2D eigenvalue weighted by atomic mass is 16.5. The van der Waals surface area contributed by atoms with E-state index >= 15 is 0 Å². The van der Waals surface area contributed by atoms with E-state index in [4.69, 9.17) is 8.94 Å². The summed E-state index contributed by atoms with van der Waals surface area (Å²) in [7, 11) is 0. The number of piperidine rings is 1. The van der Waals surface area contributed by atoms with E-state index in [0.717, 1.165) is 23.4 Å². The van der Waals surface area contributed by atoms with Crippen LogP contribution in [-0.4, -0.2) is 27.9 Å². The molecule has 0 spiro atoms. The highest BCUT2D eigenvalue weighted by Gasteiger charge is 2.26. The quantitative estimate of drug-likeness (QED) is 0.791. The summed E-state index contributed by atoms with van der Waals surface area (Å²) in [6, 6.07) is 10.6. The molecular weight excluding hydrogens is 316 g/mol. The second-order valence-corrected chi connectivity index (χ2v) is 6.81. The molecule has 25 heavy (non-hydrogen) atoms. The zero-order chi connectivity index (χ0) is 17.2. The predicted octanol–water partition coefficient (Wildman–Crippen LogP) is 2.66. The van der Waals surface area contributed by atoms with Gasteiger partial charge in [-0.05, 0) is 33.1 Å². The van der Waals surface area contributed by atoms with Gasteiger partial charge in [-0.3, -0.25) is 0 Å². The standard InChI is InChI=1S/C19H22N4O2/c1-13-8-6-7-11-23(13)12-16-20-21-19(24-16)17-14(2)25-22-18(17)15-9-4-3-5-10-15/h3-5,9-10,13H,6-8,11-12H2,1-2H3/p+1/t13-/m1/s1. The molecule has 0 saturated carbocycles. The minimum absolute atomic E-state index is 0.483. The maximum Gasteiger partial charge on any atom is 0.271 e. The summed E-state index contributed by atoms with van der Waals surface area (Å²) in [6.07, 6.45) is 3.85. The van der Waals surface area contributed by atoms with E-state index in [1.165, 1.54) is 30.7 Å². The summed E-state index contributed by atoms with van der Waals surface area (Å²) in [5, 5.41) is 12.7. The average molecular weight is 339 g/mol. The van der Waals surface area contributed by atoms with Crippen molar-refractivity contribution in [3.8, 4) is 22.7 Å². The van der Waals surface area contributed by atoms with Crippen LogP contribution >= 0.6 is 0 Å². The number of hydrogen-bond acceptors (Lipinski definition) is 5. The normalized spacial score (nSPS) is 20.7. The van der Waals surface area contributed by atoms with Crippen LogP contribution in [0, 0.1) is 6.92 Å². The Labute approximate surface area is 146 Å². The number of quaternary nitrogens is 1. The summed E-state index contributed by atoms with van der Waals surface area (Å²) in [4.78, 5) is 1.52. The zero-order valence-electron chi connectivity index (χ0n) is 14.7. The molecule has 1 aromatic carbocycles. The molecule has 1 saturated heterocycles. The average Bonchev–Trinajstić information content (AvgIpc) is 3.24. The van der Waals surface area contributed by atoms with E-state index in [1.54, 1.807) is 0 Å².